The molecule has 4 rings (SSSR count). The minimum Gasteiger partial charge on any atom is -0.377 e. The first-order valence-corrected chi connectivity index (χ1v) is 8.10. The molecule has 3 aliphatic rings. The zero-order valence-corrected chi connectivity index (χ0v) is 12.6. The summed E-state index contributed by atoms with van der Waals surface area (Å²) in [5.74, 6) is 1.82. The highest BCUT2D eigenvalue weighted by atomic mass is 16.5. The number of aromatic nitrogens is 3. The zero-order chi connectivity index (χ0) is 14.2. The van der Waals surface area contributed by atoms with Crippen molar-refractivity contribution in [3.8, 4) is 0 Å². The van der Waals surface area contributed by atoms with Crippen molar-refractivity contribution >= 4 is 0 Å². The van der Waals surface area contributed by atoms with Crippen LogP contribution in [0.25, 0.3) is 0 Å². The lowest BCUT2D eigenvalue weighted by molar-refractivity contribution is 0.0661. The third-order valence-corrected chi connectivity index (χ3v) is 4.98. The predicted octanol–water partition coefficient (Wildman–Crippen LogP) is 1.14. The predicted molar refractivity (Wildman–Crippen MR) is 76.8 cm³/mol. The maximum absolute atomic E-state index is 5.47. The fourth-order valence-electron chi connectivity index (χ4n) is 3.40. The highest BCUT2D eigenvalue weighted by molar-refractivity contribution is 5.00. The van der Waals surface area contributed by atoms with E-state index in [-0.39, 0.29) is 12.1 Å². The van der Waals surface area contributed by atoms with Crippen LogP contribution < -0.4 is 5.32 Å². The number of rotatable bonds is 7. The molecule has 6 nitrogen and oxygen atoms in total. The van der Waals surface area contributed by atoms with Gasteiger partial charge in [0.05, 0.1) is 25.1 Å². The first-order valence-electron chi connectivity index (χ1n) is 8.10. The van der Waals surface area contributed by atoms with Crippen LogP contribution in [0.4, 0.5) is 0 Å². The molecule has 0 bridgehead atoms. The van der Waals surface area contributed by atoms with Gasteiger partial charge in [0, 0.05) is 19.7 Å². The Morgan fingerprint density at radius 2 is 2.10 bits per heavy atom. The molecule has 2 aliphatic carbocycles. The highest BCUT2D eigenvalue weighted by Gasteiger charge is 2.41. The van der Waals surface area contributed by atoms with Crippen LogP contribution in [0.15, 0.2) is 6.20 Å². The molecule has 2 atom stereocenters. The van der Waals surface area contributed by atoms with Gasteiger partial charge in [-0.05, 0) is 37.5 Å². The summed E-state index contributed by atoms with van der Waals surface area (Å²) in [5, 5.41) is 12.3. The van der Waals surface area contributed by atoms with Crippen molar-refractivity contribution in [1.29, 1.82) is 0 Å². The Morgan fingerprint density at radius 3 is 2.76 bits per heavy atom. The maximum Gasteiger partial charge on any atom is 0.105 e. The van der Waals surface area contributed by atoms with Gasteiger partial charge in [-0.2, -0.15) is 0 Å². The Kier molecular flexibility index (Phi) is 3.69. The lowest BCUT2D eigenvalue weighted by Gasteiger charge is -2.16. The van der Waals surface area contributed by atoms with Crippen molar-refractivity contribution in [1.82, 2.24) is 20.3 Å². The van der Waals surface area contributed by atoms with E-state index in [0.29, 0.717) is 19.3 Å². The van der Waals surface area contributed by atoms with Gasteiger partial charge in [0.2, 0.25) is 0 Å². The van der Waals surface area contributed by atoms with Crippen LogP contribution in [0.2, 0.25) is 0 Å². The second kappa shape index (κ2) is 5.66. The topological polar surface area (TPSA) is 61.2 Å². The van der Waals surface area contributed by atoms with Crippen molar-refractivity contribution in [3.63, 3.8) is 0 Å². The SMILES string of the molecule is CO[C@@H]1COC[C@H]1n1cc(CNC(C2CC2)C2CC2)nn1. The average molecular weight is 292 g/mol. The minimum atomic E-state index is 0.0817. The fourth-order valence-corrected chi connectivity index (χ4v) is 3.40. The number of methoxy groups -OCH3 is 1. The number of hydrogen-bond donors (Lipinski definition) is 1. The molecule has 1 saturated heterocycles. The second-order valence-corrected chi connectivity index (χ2v) is 6.65. The molecule has 2 heterocycles. The molecule has 2 saturated carbocycles. The quantitative estimate of drug-likeness (QED) is 0.816. The van der Waals surface area contributed by atoms with E-state index in [1.54, 1.807) is 7.11 Å². The Bertz CT molecular complexity index is 472. The first kappa shape index (κ1) is 13.7. The summed E-state index contributed by atoms with van der Waals surface area (Å²) in [6.45, 7) is 2.12. The molecule has 0 aromatic carbocycles. The summed E-state index contributed by atoms with van der Waals surface area (Å²) in [6, 6.07) is 0.857. The van der Waals surface area contributed by atoms with Gasteiger partial charge in [-0.25, -0.2) is 4.68 Å². The van der Waals surface area contributed by atoms with Crippen LogP contribution in [0, 0.1) is 11.8 Å². The van der Waals surface area contributed by atoms with E-state index in [2.05, 4.69) is 15.6 Å². The van der Waals surface area contributed by atoms with Crippen LogP contribution in [0.3, 0.4) is 0 Å². The second-order valence-electron chi connectivity index (χ2n) is 6.65. The van der Waals surface area contributed by atoms with Crippen LogP contribution in [-0.4, -0.2) is 47.5 Å². The summed E-state index contributed by atoms with van der Waals surface area (Å²) in [4.78, 5) is 0. The van der Waals surface area contributed by atoms with Crippen molar-refractivity contribution < 1.29 is 9.47 Å². The van der Waals surface area contributed by atoms with Crippen LogP contribution >= 0.6 is 0 Å². The standard InChI is InChI=1S/C15H24N4O2/c1-20-14-9-21-8-13(14)19-7-12(17-18-19)6-16-15(10-2-3-10)11-4-5-11/h7,10-11,13-16H,2-6,8-9H2,1H3/t13-,14-/m1/s1. The summed E-state index contributed by atoms with van der Waals surface area (Å²) in [6.07, 6.45) is 7.71. The van der Waals surface area contributed by atoms with E-state index in [9.17, 15) is 0 Å². The number of hydrogen-bond acceptors (Lipinski definition) is 5. The van der Waals surface area contributed by atoms with Crippen LogP contribution in [0.1, 0.15) is 37.4 Å². The summed E-state index contributed by atoms with van der Waals surface area (Å²) in [7, 11) is 1.72. The molecule has 21 heavy (non-hydrogen) atoms. The summed E-state index contributed by atoms with van der Waals surface area (Å²) >= 11 is 0. The zero-order valence-electron chi connectivity index (χ0n) is 12.6. The number of nitrogens with one attached hydrogen (secondary N) is 1. The Hall–Kier alpha value is -0.980. The lowest BCUT2D eigenvalue weighted by Crippen LogP contribution is -2.32. The largest absolute Gasteiger partial charge is 0.377 e. The normalized spacial score (nSPS) is 29.4. The maximum atomic E-state index is 5.47. The van der Waals surface area contributed by atoms with E-state index in [0.717, 1.165) is 24.1 Å². The van der Waals surface area contributed by atoms with Crippen LogP contribution in [0.5, 0.6) is 0 Å². The third-order valence-electron chi connectivity index (χ3n) is 4.98. The molecule has 1 aromatic heterocycles. The minimum absolute atomic E-state index is 0.0817. The van der Waals surface area contributed by atoms with Gasteiger partial charge in [-0.15, -0.1) is 5.10 Å². The van der Waals surface area contributed by atoms with E-state index in [4.69, 9.17) is 9.47 Å². The van der Waals surface area contributed by atoms with E-state index in [1.807, 2.05) is 10.9 Å². The molecule has 0 amide bonds. The fraction of sp³-hybridized carbons (Fsp3) is 0.867. The third kappa shape index (κ3) is 2.98. The molecule has 0 spiro atoms. The molecule has 6 heteroatoms. The van der Waals surface area contributed by atoms with Gasteiger partial charge < -0.3 is 14.8 Å². The molecule has 0 unspecified atom stereocenters. The summed E-state index contributed by atoms with van der Waals surface area (Å²) in [5.41, 5.74) is 1.02. The number of ether oxygens (including phenoxy) is 2. The summed E-state index contributed by atoms with van der Waals surface area (Å²) < 4.78 is 12.8. The van der Waals surface area contributed by atoms with Crippen LogP contribution in [-0.2, 0) is 16.0 Å². The molecule has 1 aliphatic heterocycles. The molecular weight excluding hydrogens is 268 g/mol. The lowest BCUT2D eigenvalue weighted by atomic mass is 10.1. The monoisotopic (exact) mass is 292 g/mol. The van der Waals surface area contributed by atoms with Crippen molar-refractivity contribution in [2.75, 3.05) is 20.3 Å². The average Bonchev–Trinajstić information content (AvgIpc) is 3.41. The van der Waals surface area contributed by atoms with Crippen molar-refractivity contribution in [2.24, 2.45) is 11.8 Å². The Morgan fingerprint density at radius 1 is 1.33 bits per heavy atom. The first-order chi connectivity index (χ1) is 10.3. The molecule has 0 radical (unpaired) electrons. The molecule has 1 N–H and O–H groups in total. The van der Waals surface area contributed by atoms with Gasteiger partial charge in [0.1, 0.15) is 12.1 Å². The van der Waals surface area contributed by atoms with E-state index >= 15 is 0 Å². The Labute approximate surface area is 125 Å². The van der Waals surface area contributed by atoms with Gasteiger partial charge in [0.15, 0.2) is 0 Å². The highest BCUT2D eigenvalue weighted by Crippen LogP contribution is 2.44. The molecule has 3 fully saturated rings. The van der Waals surface area contributed by atoms with E-state index < -0.39 is 0 Å². The molecular formula is C15H24N4O2. The van der Waals surface area contributed by atoms with E-state index in [1.165, 1.54) is 25.7 Å². The van der Waals surface area contributed by atoms with Gasteiger partial charge >= 0.3 is 0 Å². The molecule has 1 aromatic rings. The Balaban J connectivity index is 1.35. The van der Waals surface area contributed by atoms with Gasteiger partial charge in [0.25, 0.3) is 0 Å². The van der Waals surface area contributed by atoms with Gasteiger partial charge in [-0.3, -0.25) is 0 Å². The number of nitrogens with zero attached hydrogens (tertiary/aromatic N) is 3. The van der Waals surface area contributed by atoms with Gasteiger partial charge in [-0.1, -0.05) is 5.21 Å². The van der Waals surface area contributed by atoms with Crippen molar-refractivity contribution in [3.05, 3.63) is 11.9 Å². The van der Waals surface area contributed by atoms with Crippen molar-refractivity contribution in [2.45, 2.75) is 50.4 Å². The smallest absolute Gasteiger partial charge is 0.105 e. The molecule has 116 valence electrons.